The summed E-state index contributed by atoms with van der Waals surface area (Å²) in [6.45, 7) is 4.19. The smallest absolute Gasteiger partial charge is 0.0962 e. The van der Waals surface area contributed by atoms with Crippen LogP contribution in [0.3, 0.4) is 0 Å². The number of hydrogen-bond donors (Lipinski definition) is 1. The molecule has 1 N–H and O–H groups in total. The van der Waals surface area contributed by atoms with Crippen molar-refractivity contribution in [1.82, 2.24) is 4.98 Å². The van der Waals surface area contributed by atoms with Crippen LogP contribution in [0.4, 0.5) is 0 Å². The Kier molecular flexibility index (Phi) is 5.33. The Morgan fingerprint density at radius 1 is 1.33 bits per heavy atom. The summed E-state index contributed by atoms with van der Waals surface area (Å²) >= 11 is 0. The Morgan fingerprint density at radius 2 is 2.13 bits per heavy atom. The molecular weight excluding hydrogens is 186 g/mol. The van der Waals surface area contributed by atoms with Gasteiger partial charge in [-0.2, -0.15) is 0 Å². The number of hydrogen-bond acceptors (Lipinski definition) is 2. The van der Waals surface area contributed by atoms with Gasteiger partial charge in [0.1, 0.15) is 0 Å². The second-order valence-corrected chi connectivity index (χ2v) is 4.07. The van der Waals surface area contributed by atoms with Gasteiger partial charge in [0.2, 0.25) is 0 Å². The Hall–Kier alpha value is -0.890. The quantitative estimate of drug-likeness (QED) is 0.725. The molecule has 2 heteroatoms. The molecule has 0 aliphatic carbocycles. The van der Waals surface area contributed by atoms with Gasteiger partial charge in [-0.1, -0.05) is 38.7 Å². The number of nitrogens with zero attached hydrogens (tertiary/aromatic N) is 1. The first kappa shape index (κ1) is 12.2. The first-order valence-electron chi connectivity index (χ1n) is 5.85. The maximum atomic E-state index is 9.94. The van der Waals surface area contributed by atoms with E-state index < -0.39 is 0 Å². The number of pyridine rings is 1. The minimum absolute atomic E-state index is 0.386. The molecule has 1 rings (SSSR count). The Balaban J connectivity index is 2.40. The Morgan fingerprint density at radius 3 is 2.80 bits per heavy atom. The topological polar surface area (TPSA) is 33.1 Å². The SMILES string of the molecule is CCCCCCC(O)c1ncccc1C. The van der Waals surface area contributed by atoms with Gasteiger partial charge >= 0.3 is 0 Å². The second-order valence-electron chi connectivity index (χ2n) is 4.07. The van der Waals surface area contributed by atoms with Crippen LogP contribution in [0.25, 0.3) is 0 Å². The molecule has 0 spiro atoms. The molecule has 0 aromatic carbocycles. The highest BCUT2D eigenvalue weighted by Crippen LogP contribution is 2.20. The van der Waals surface area contributed by atoms with Gasteiger partial charge in [0.25, 0.3) is 0 Å². The van der Waals surface area contributed by atoms with Crippen molar-refractivity contribution in [2.24, 2.45) is 0 Å². The zero-order valence-corrected chi connectivity index (χ0v) is 9.74. The van der Waals surface area contributed by atoms with Crippen molar-refractivity contribution in [1.29, 1.82) is 0 Å². The molecule has 1 unspecified atom stereocenters. The van der Waals surface area contributed by atoms with E-state index in [1.54, 1.807) is 6.20 Å². The molecule has 1 aromatic heterocycles. The average Bonchev–Trinajstić information content (AvgIpc) is 2.25. The van der Waals surface area contributed by atoms with Crippen LogP contribution in [0, 0.1) is 6.92 Å². The molecule has 1 aromatic rings. The fourth-order valence-corrected chi connectivity index (χ4v) is 1.75. The van der Waals surface area contributed by atoms with Crippen LogP contribution in [0.15, 0.2) is 18.3 Å². The van der Waals surface area contributed by atoms with E-state index in [-0.39, 0.29) is 6.10 Å². The lowest BCUT2D eigenvalue weighted by atomic mass is 10.0. The van der Waals surface area contributed by atoms with Crippen LogP contribution in [0.1, 0.15) is 56.4 Å². The number of unbranched alkanes of at least 4 members (excludes halogenated alkanes) is 3. The fourth-order valence-electron chi connectivity index (χ4n) is 1.75. The highest BCUT2D eigenvalue weighted by atomic mass is 16.3. The van der Waals surface area contributed by atoms with Gasteiger partial charge in [-0.25, -0.2) is 0 Å². The standard InChI is InChI=1S/C13H21NO/c1-3-4-5-6-9-12(15)13-11(2)8-7-10-14-13/h7-8,10,12,15H,3-6,9H2,1-2H3. The normalized spacial score (nSPS) is 12.7. The molecule has 0 bridgehead atoms. The van der Waals surface area contributed by atoms with Crippen molar-refractivity contribution in [3.63, 3.8) is 0 Å². The molecule has 0 amide bonds. The molecule has 0 saturated carbocycles. The van der Waals surface area contributed by atoms with Crippen LogP contribution in [0.5, 0.6) is 0 Å². The summed E-state index contributed by atoms with van der Waals surface area (Å²) in [7, 11) is 0. The minimum atomic E-state index is -0.386. The summed E-state index contributed by atoms with van der Waals surface area (Å²) < 4.78 is 0. The number of aliphatic hydroxyl groups is 1. The van der Waals surface area contributed by atoms with E-state index in [4.69, 9.17) is 0 Å². The third-order valence-electron chi connectivity index (χ3n) is 2.70. The van der Waals surface area contributed by atoms with E-state index >= 15 is 0 Å². The van der Waals surface area contributed by atoms with Crippen LogP contribution >= 0.6 is 0 Å². The van der Waals surface area contributed by atoms with Crippen molar-refractivity contribution >= 4 is 0 Å². The molecule has 0 aliphatic heterocycles. The maximum absolute atomic E-state index is 9.94. The Bertz CT molecular complexity index is 286. The minimum Gasteiger partial charge on any atom is -0.387 e. The fraction of sp³-hybridized carbons (Fsp3) is 0.615. The monoisotopic (exact) mass is 207 g/mol. The highest BCUT2D eigenvalue weighted by molar-refractivity contribution is 5.19. The Labute approximate surface area is 92.4 Å². The van der Waals surface area contributed by atoms with Gasteiger partial charge in [-0.3, -0.25) is 4.98 Å². The van der Waals surface area contributed by atoms with Gasteiger partial charge < -0.3 is 5.11 Å². The molecule has 84 valence electrons. The summed E-state index contributed by atoms with van der Waals surface area (Å²) in [6, 6.07) is 3.90. The van der Waals surface area contributed by atoms with E-state index in [0.29, 0.717) is 0 Å². The van der Waals surface area contributed by atoms with Crippen molar-refractivity contribution in [3.8, 4) is 0 Å². The van der Waals surface area contributed by atoms with E-state index in [0.717, 1.165) is 24.1 Å². The number of aliphatic hydroxyl groups excluding tert-OH is 1. The highest BCUT2D eigenvalue weighted by Gasteiger charge is 2.10. The largest absolute Gasteiger partial charge is 0.387 e. The summed E-state index contributed by atoms with van der Waals surface area (Å²) in [4.78, 5) is 4.23. The van der Waals surface area contributed by atoms with Gasteiger partial charge in [-0.05, 0) is 25.0 Å². The van der Waals surface area contributed by atoms with Crippen LogP contribution in [-0.2, 0) is 0 Å². The molecule has 15 heavy (non-hydrogen) atoms. The van der Waals surface area contributed by atoms with Crippen molar-refractivity contribution in [2.75, 3.05) is 0 Å². The molecule has 0 radical (unpaired) electrons. The van der Waals surface area contributed by atoms with Crippen LogP contribution < -0.4 is 0 Å². The van der Waals surface area contributed by atoms with Crippen molar-refractivity contribution in [2.45, 2.75) is 52.1 Å². The van der Waals surface area contributed by atoms with Gasteiger partial charge in [0, 0.05) is 6.20 Å². The number of aryl methyl sites for hydroxylation is 1. The second kappa shape index (κ2) is 6.57. The predicted octanol–water partition coefficient (Wildman–Crippen LogP) is 3.39. The summed E-state index contributed by atoms with van der Waals surface area (Å²) in [5.74, 6) is 0. The van der Waals surface area contributed by atoms with Crippen LogP contribution in [0.2, 0.25) is 0 Å². The molecule has 1 atom stereocenters. The number of aromatic nitrogens is 1. The van der Waals surface area contributed by atoms with Gasteiger partial charge in [0.15, 0.2) is 0 Å². The maximum Gasteiger partial charge on any atom is 0.0962 e. The summed E-state index contributed by atoms with van der Waals surface area (Å²) in [5, 5.41) is 9.94. The van der Waals surface area contributed by atoms with E-state index in [1.165, 1.54) is 19.3 Å². The first-order valence-corrected chi connectivity index (χ1v) is 5.85. The van der Waals surface area contributed by atoms with Crippen LogP contribution in [-0.4, -0.2) is 10.1 Å². The molecule has 0 fully saturated rings. The molecule has 2 nitrogen and oxygen atoms in total. The van der Waals surface area contributed by atoms with Crippen molar-refractivity contribution in [3.05, 3.63) is 29.6 Å². The van der Waals surface area contributed by atoms with Crippen molar-refractivity contribution < 1.29 is 5.11 Å². The van der Waals surface area contributed by atoms with E-state index in [2.05, 4.69) is 11.9 Å². The third kappa shape index (κ3) is 4.00. The van der Waals surface area contributed by atoms with E-state index in [1.807, 2.05) is 19.1 Å². The first-order chi connectivity index (χ1) is 7.25. The van der Waals surface area contributed by atoms with Gasteiger partial charge in [-0.15, -0.1) is 0 Å². The molecular formula is C13H21NO. The number of rotatable bonds is 6. The van der Waals surface area contributed by atoms with Gasteiger partial charge in [0.05, 0.1) is 11.8 Å². The molecule has 0 aliphatic rings. The lowest BCUT2D eigenvalue weighted by Gasteiger charge is -2.11. The molecule has 0 saturated heterocycles. The molecule has 1 heterocycles. The van der Waals surface area contributed by atoms with E-state index in [9.17, 15) is 5.11 Å². The predicted molar refractivity (Wildman–Crippen MR) is 62.7 cm³/mol. The average molecular weight is 207 g/mol. The third-order valence-corrected chi connectivity index (χ3v) is 2.70. The lowest BCUT2D eigenvalue weighted by Crippen LogP contribution is -2.02. The zero-order chi connectivity index (χ0) is 11.1. The summed E-state index contributed by atoms with van der Waals surface area (Å²) in [5.41, 5.74) is 1.93. The lowest BCUT2D eigenvalue weighted by molar-refractivity contribution is 0.158. The zero-order valence-electron chi connectivity index (χ0n) is 9.74. The summed E-state index contributed by atoms with van der Waals surface area (Å²) in [6.07, 6.45) is 6.98.